The SMILES string of the molecule is CC.Oc1ccc2c(c1)CCC2. The Kier molecular flexibility index (Phi) is 3.15. The van der Waals surface area contributed by atoms with Gasteiger partial charge in [0, 0.05) is 0 Å². The highest BCUT2D eigenvalue weighted by Gasteiger charge is 2.09. The maximum Gasteiger partial charge on any atom is 0.115 e. The van der Waals surface area contributed by atoms with Gasteiger partial charge >= 0.3 is 0 Å². The lowest BCUT2D eigenvalue weighted by Gasteiger charge is -1.97. The summed E-state index contributed by atoms with van der Waals surface area (Å²) >= 11 is 0. The van der Waals surface area contributed by atoms with Crippen LogP contribution in [0.4, 0.5) is 0 Å². The zero-order valence-electron chi connectivity index (χ0n) is 7.80. The molecule has 0 spiro atoms. The Morgan fingerprint density at radius 2 is 1.75 bits per heavy atom. The van der Waals surface area contributed by atoms with E-state index in [9.17, 15) is 0 Å². The van der Waals surface area contributed by atoms with Gasteiger partial charge in [0.15, 0.2) is 0 Å². The van der Waals surface area contributed by atoms with E-state index < -0.39 is 0 Å². The third kappa shape index (κ3) is 1.79. The molecule has 1 aliphatic rings. The highest BCUT2D eigenvalue weighted by molar-refractivity contribution is 5.37. The van der Waals surface area contributed by atoms with Gasteiger partial charge in [-0.25, -0.2) is 0 Å². The fourth-order valence-electron chi connectivity index (χ4n) is 1.56. The number of aromatic hydroxyl groups is 1. The van der Waals surface area contributed by atoms with Crippen LogP contribution in [-0.4, -0.2) is 5.11 Å². The number of phenolic OH excluding ortho intramolecular Hbond substituents is 1. The van der Waals surface area contributed by atoms with Gasteiger partial charge in [-0.3, -0.25) is 0 Å². The van der Waals surface area contributed by atoms with E-state index in [0.717, 1.165) is 6.42 Å². The van der Waals surface area contributed by atoms with Crippen molar-refractivity contribution in [1.82, 2.24) is 0 Å². The normalized spacial score (nSPS) is 13.2. The van der Waals surface area contributed by atoms with Gasteiger partial charge in [-0.2, -0.15) is 0 Å². The second-order valence-corrected chi connectivity index (χ2v) is 2.81. The minimum Gasteiger partial charge on any atom is -0.508 e. The Morgan fingerprint density at radius 1 is 1.08 bits per heavy atom. The van der Waals surface area contributed by atoms with Crippen molar-refractivity contribution in [2.45, 2.75) is 33.1 Å². The molecule has 0 aromatic heterocycles. The summed E-state index contributed by atoms with van der Waals surface area (Å²) in [6, 6.07) is 5.67. The van der Waals surface area contributed by atoms with E-state index >= 15 is 0 Å². The topological polar surface area (TPSA) is 20.2 Å². The molecular weight excluding hydrogens is 148 g/mol. The molecule has 66 valence electrons. The van der Waals surface area contributed by atoms with Gasteiger partial charge in [0.1, 0.15) is 5.75 Å². The van der Waals surface area contributed by atoms with Crippen molar-refractivity contribution in [3.63, 3.8) is 0 Å². The average molecular weight is 164 g/mol. The summed E-state index contributed by atoms with van der Waals surface area (Å²) in [6.07, 6.45) is 3.58. The molecule has 1 N–H and O–H groups in total. The molecule has 0 radical (unpaired) electrons. The Morgan fingerprint density at radius 3 is 2.50 bits per heavy atom. The smallest absolute Gasteiger partial charge is 0.115 e. The predicted octanol–water partition coefficient (Wildman–Crippen LogP) is 2.91. The van der Waals surface area contributed by atoms with Gasteiger partial charge in [0.25, 0.3) is 0 Å². The van der Waals surface area contributed by atoms with Crippen LogP contribution in [-0.2, 0) is 12.8 Å². The highest BCUT2D eigenvalue weighted by Crippen LogP contribution is 2.24. The monoisotopic (exact) mass is 164 g/mol. The summed E-state index contributed by atoms with van der Waals surface area (Å²) in [4.78, 5) is 0. The molecule has 0 aliphatic heterocycles. The Hall–Kier alpha value is -0.980. The Bertz CT molecular complexity index is 253. The first kappa shape index (κ1) is 9.11. The first-order valence-electron chi connectivity index (χ1n) is 4.67. The van der Waals surface area contributed by atoms with Crippen molar-refractivity contribution in [2.75, 3.05) is 0 Å². The molecule has 1 aliphatic carbocycles. The molecule has 0 heterocycles. The van der Waals surface area contributed by atoms with Crippen LogP contribution in [0.1, 0.15) is 31.4 Å². The lowest BCUT2D eigenvalue weighted by molar-refractivity contribution is 0.474. The van der Waals surface area contributed by atoms with Crippen LogP contribution in [0, 0.1) is 0 Å². The molecule has 0 amide bonds. The third-order valence-electron chi connectivity index (χ3n) is 2.08. The fourth-order valence-corrected chi connectivity index (χ4v) is 1.56. The van der Waals surface area contributed by atoms with Crippen LogP contribution < -0.4 is 0 Å². The molecule has 1 aromatic rings. The van der Waals surface area contributed by atoms with Crippen molar-refractivity contribution >= 4 is 0 Å². The zero-order chi connectivity index (χ0) is 8.97. The molecule has 2 rings (SSSR count). The van der Waals surface area contributed by atoms with Crippen molar-refractivity contribution < 1.29 is 5.11 Å². The molecular formula is C11H16O. The first-order chi connectivity index (χ1) is 5.86. The maximum atomic E-state index is 9.10. The Labute approximate surface area is 74.1 Å². The minimum atomic E-state index is 0.403. The Balaban J connectivity index is 0.000000336. The predicted molar refractivity (Wildman–Crippen MR) is 51.5 cm³/mol. The van der Waals surface area contributed by atoms with Crippen molar-refractivity contribution in [3.05, 3.63) is 29.3 Å². The van der Waals surface area contributed by atoms with Crippen LogP contribution >= 0.6 is 0 Å². The average Bonchev–Trinajstić information content (AvgIpc) is 2.54. The molecule has 0 fully saturated rings. The van der Waals surface area contributed by atoms with Crippen molar-refractivity contribution in [2.24, 2.45) is 0 Å². The van der Waals surface area contributed by atoms with E-state index in [2.05, 4.69) is 0 Å². The first-order valence-corrected chi connectivity index (χ1v) is 4.67. The third-order valence-corrected chi connectivity index (χ3v) is 2.08. The fraction of sp³-hybridized carbons (Fsp3) is 0.455. The van der Waals surface area contributed by atoms with Gasteiger partial charge in [-0.15, -0.1) is 0 Å². The quantitative estimate of drug-likeness (QED) is 0.625. The molecule has 1 aromatic carbocycles. The molecule has 0 saturated heterocycles. The summed E-state index contributed by atoms with van der Waals surface area (Å²) in [6.45, 7) is 4.00. The van der Waals surface area contributed by atoms with Crippen molar-refractivity contribution in [1.29, 1.82) is 0 Å². The van der Waals surface area contributed by atoms with Crippen LogP contribution in [0.15, 0.2) is 18.2 Å². The summed E-state index contributed by atoms with van der Waals surface area (Å²) in [5.74, 6) is 0.403. The summed E-state index contributed by atoms with van der Waals surface area (Å²) in [5.41, 5.74) is 2.75. The second-order valence-electron chi connectivity index (χ2n) is 2.81. The number of fused-ring (bicyclic) bond motifs is 1. The molecule has 0 saturated carbocycles. The number of hydrogen-bond donors (Lipinski definition) is 1. The summed E-state index contributed by atoms with van der Waals surface area (Å²) in [5, 5.41) is 9.10. The second kappa shape index (κ2) is 4.15. The van der Waals surface area contributed by atoms with E-state index in [4.69, 9.17) is 5.11 Å². The van der Waals surface area contributed by atoms with E-state index in [1.54, 1.807) is 6.07 Å². The van der Waals surface area contributed by atoms with Gasteiger partial charge in [-0.1, -0.05) is 19.9 Å². The van der Waals surface area contributed by atoms with E-state index in [0.29, 0.717) is 5.75 Å². The van der Waals surface area contributed by atoms with E-state index in [-0.39, 0.29) is 0 Å². The van der Waals surface area contributed by atoms with Crippen LogP contribution in [0.2, 0.25) is 0 Å². The van der Waals surface area contributed by atoms with Crippen LogP contribution in [0.25, 0.3) is 0 Å². The molecule has 0 atom stereocenters. The summed E-state index contributed by atoms with van der Waals surface area (Å²) < 4.78 is 0. The maximum absolute atomic E-state index is 9.10. The molecule has 0 unspecified atom stereocenters. The van der Waals surface area contributed by atoms with Crippen LogP contribution in [0.3, 0.4) is 0 Å². The van der Waals surface area contributed by atoms with E-state index in [1.807, 2.05) is 26.0 Å². The molecule has 12 heavy (non-hydrogen) atoms. The number of aryl methyl sites for hydroxylation is 2. The number of rotatable bonds is 0. The van der Waals surface area contributed by atoms with Crippen LogP contribution in [0.5, 0.6) is 5.75 Å². The molecule has 1 nitrogen and oxygen atoms in total. The molecule has 1 heteroatoms. The van der Waals surface area contributed by atoms with E-state index in [1.165, 1.54) is 24.0 Å². The summed E-state index contributed by atoms with van der Waals surface area (Å²) in [7, 11) is 0. The number of phenols is 1. The van der Waals surface area contributed by atoms with Crippen molar-refractivity contribution in [3.8, 4) is 5.75 Å². The zero-order valence-corrected chi connectivity index (χ0v) is 7.80. The standard InChI is InChI=1S/C9H10O.C2H6/c10-9-5-4-7-2-1-3-8(7)6-9;1-2/h4-6,10H,1-3H2;1-2H3. The lowest BCUT2D eigenvalue weighted by atomic mass is 10.1. The number of hydrogen-bond acceptors (Lipinski definition) is 1. The number of benzene rings is 1. The molecule has 0 bridgehead atoms. The van der Waals surface area contributed by atoms with Gasteiger partial charge in [-0.05, 0) is 42.5 Å². The highest BCUT2D eigenvalue weighted by atomic mass is 16.3. The lowest BCUT2D eigenvalue weighted by Crippen LogP contribution is -1.78. The van der Waals surface area contributed by atoms with Gasteiger partial charge < -0.3 is 5.11 Å². The minimum absolute atomic E-state index is 0.403. The van der Waals surface area contributed by atoms with Gasteiger partial charge in [0.2, 0.25) is 0 Å². The largest absolute Gasteiger partial charge is 0.508 e. The van der Waals surface area contributed by atoms with Gasteiger partial charge in [0.05, 0.1) is 0 Å².